The molecule has 2 rings (SSSR count). The highest BCUT2D eigenvalue weighted by Crippen LogP contribution is 2.32. The van der Waals surface area contributed by atoms with Crippen molar-refractivity contribution in [1.82, 2.24) is 4.90 Å². The van der Waals surface area contributed by atoms with E-state index in [1.165, 1.54) is 16.0 Å². The van der Waals surface area contributed by atoms with Crippen LogP contribution in [-0.4, -0.2) is 17.8 Å². The third-order valence-electron chi connectivity index (χ3n) is 2.88. The maximum absolute atomic E-state index is 4.17. The summed E-state index contributed by atoms with van der Waals surface area (Å²) in [5, 5.41) is 2.23. The minimum Gasteiger partial charge on any atom is -0.351 e. The van der Waals surface area contributed by atoms with Crippen LogP contribution in [0.4, 0.5) is 0 Å². The maximum atomic E-state index is 4.17. The fourth-order valence-electron chi connectivity index (χ4n) is 1.77. The van der Waals surface area contributed by atoms with Gasteiger partial charge in [-0.15, -0.1) is 11.3 Å². The Bertz CT molecular complexity index is 404. The summed E-state index contributed by atoms with van der Waals surface area (Å²) in [4.78, 5) is 7.87. The minimum absolute atomic E-state index is 0.381. The van der Waals surface area contributed by atoms with Gasteiger partial charge in [0.1, 0.15) is 0 Å². The molecule has 0 N–H and O–H groups in total. The zero-order valence-corrected chi connectivity index (χ0v) is 10.2. The maximum Gasteiger partial charge on any atom is 0.0912 e. The van der Waals surface area contributed by atoms with Crippen LogP contribution in [0.25, 0.3) is 0 Å². The SMILES string of the molecule is CCN1C=NC=CC1c1scc(C)c1C. The van der Waals surface area contributed by atoms with Crippen LogP contribution in [0.5, 0.6) is 0 Å². The highest BCUT2D eigenvalue weighted by Gasteiger charge is 2.19. The lowest BCUT2D eigenvalue weighted by molar-refractivity contribution is 0.394. The Morgan fingerprint density at radius 1 is 1.47 bits per heavy atom. The summed E-state index contributed by atoms with van der Waals surface area (Å²) < 4.78 is 0. The molecule has 1 unspecified atom stereocenters. The molecule has 0 saturated carbocycles. The zero-order valence-electron chi connectivity index (χ0n) is 9.40. The van der Waals surface area contributed by atoms with E-state index in [-0.39, 0.29) is 0 Å². The van der Waals surface area contributed by atoms with Crippen LogP contribution in [0.3, 0.4) is 0 Å². The average Bonchev–Trinajstić information content (AvgIpc) is 2.60. The Morgan fingerprint density at radius 2 is 2.27 bits per heavy atom. The van der Waals surface area contributed by atoms with Gasteiger partial charge in [0.05, 0.1) is 12.4 Å². The fourth-order valence-corrected chi connectivity index (χ4v) is 2.94. The minimum atomic E-state index is 0.381. The Hall–Kier alpha value is -1.09. The molecule has 0 aromatic carbocycles. The van der Waals surface area contributed by atoms with Crippen molar-refractivity contribution in [1.29, 1.82) is 0 Å². The molecular formula is C12H16N2S. The number of aryl methyl sites for hydroxylation is 1. The van der Waals surface area contributed by atoms with Gasteiger partial charge in [-0.2, -0.15) is 0 Å². The first-order valence-electron chi connectivity index (χ1n) is 5.24. The second kappa shape index (κ2) is 4.19. The van der Waals surface area contributed by atoms with E-state index in [9.17, 15) is 0 Å². The van der Waals surface area contributed by atoms with Crippen LogP contribution in [0, 0.1) is 13.8 Å². The first-order chi connectivity index (χ1) is 7.24. The number of hydrogen-bond acceptors (Lipinski definition) is 3. The molecule has 80 valence electrons. The third kappa shape index (κ3) is 1.84. The number of rotatable bonds is 2. The van der Waals surface area contributed by atoms with Crippen molar-refractivity contribution in [3.63, 3.8) is 0 Å². The zero-order chi connectivity index (χ0) is 10.8. The second-order valence-electron chi connectivity index (χ2n) is 3.79. The van der Waals surface area contributed by atoms with E-state index in [4.69, 9.17) is 0 Å². The van der Waals surface area contributed by atoms with Crippen LogP contribution in [-0.2, 0) is 0 Å². The molecule has 1 aliphatic heterocycles. The van der Waals surface area contributed by atoms with E-state index in [2.05, 4.69) is 42.1 Å². The van der Waals surface area contributed by atoms with Gasteiger partial charge in [-0.1, -0.05) is 0 Å². The van der Waals surface area contributed by atoms with E-state index in [1.807, 2.05) is 23.9 Å². The van der Waals surface area contributed by atoms with Crippen molar-refractivity contribution in [3.8, 4) is 0 Å². The van der Waals surface area contributed by atoms with E-state index in [1.54, 1.807) is 0 Å². The average molecular weight is 220 g/mol. The summed E-state index contributed by atoms with van der Waals surface area (Å²) in [5.74, 6) is 0. The number of likely N-dealkylation sites (N-methyl/N-ethyl adjacent to an activating group) is 1. The van der Waals surface area contributed by atoms with Crippen LogP contribution in [0.15, 0.2) is 22.6 Å². The standard InChI is InChI=1S/C12H16N2S/c1-4-14-8-13-6-5-11(14)12-10(3)9(2)7-15-12/h5-8,11H,4H2,1-3H3. The van der Waals surface area contributed by atoms with Gasteiger partial charge in [-0.05, 0) is 43.4 Å². The lowest BCUT2D eigenvalue weighted by atomic mass is 10.1. The molecule has 15 heavy (non-hydrogen) atoms. The molecule has 1 aliphatic rings. The summed E-state index contributed by atoms with van der Waals surface area (Å²) in [6, 6.07) is 0.381. The molecule has 1 aromatic heterocycles. The normalized spacial score (nSPS) is 19.9. The highest BCUT2D eigenvalue weighted by atomic mass is 32.1. The molecule has 1 atom stereocenters. The van der Waals surface area contributed by atoms with Gasteiger partial charge in [-0.3, -0.25) is 0 Å². The first kappa shape index (κ1) is 10.4. The molecule has 2 nitrogen and oxygen atoms in total. The van der Waals surface area contributed by atoms with Crippen molar-refractivity contribution in [3.05, 3.63) is 33.7 Å². The number of nitrogens with zero attached hydrogens (tertiary/aromatic N) is 2. The lowest BCUT2D eigenvalue weighted by Crippen LogP contribution is -2.27. The van der Waals surface area contributed by atoms with Gasteiger partial charge in [0, 0.05) is 17.6 Å². The van der Waals surface area contributed by atoms with Gasteiger partial charge in [0.25, 0.3) is 0 Å². The van der Waals surface area contributed by atoms with Crippen molar-refractivity contribution in [2.75, 3.05) is 6.54 Å². The fraction of sp³-hybridized carbons (Fsp3) is 0.417. The third-order valence-corrected chi connectivity index (χ3v) is 4.16. The Labute approximate surface area is 95.0 Å². The smallest absolute Gasteiger partial charge is 0.0912 e. The van der Waals surface area contributed by atoms with E-state index >= 15 is 0 Å². The summed E-state index contributed by atoms with van der Waals surface area (Å²) in [6.45, 7) is 7.53. The van der Waals surface area contributed by atoms with E-state index in [0.717, 1.165) is 6.54 Å². The molecular weight excluding hydrogens is 204 g/mol. The van der Waals surface area contributed by atoms with Gasteiger partial charge in [-0.25, -0.2) is 4.99 Å². The monoisotopic (exact) mass is 220 g/mol. The molecule has 2 heterocycles. The summed E-state index contributed by atoms with van der Waals surface area (Å²) >= 11 is 1.85. The molecule has 1 aromatic rings. The van der Waals surface area contributed by atoms with Gasteiger partial charge < -0.3 is 4.90 Å². The summed E-state index contributed by atoms with van der Waals surface area (Å²) in [6.07, 6.45) is 5.99. The van der Waals surface area contributed by atoms with Gasteiger partial charge in [0.15, 0.2) is 0 Å². The van der Waals surface area contributed by atoms with E-state index < -0.39 is 0 Å². The predicted octanol–water partition coefficient (Wildman–Crippen LogP) is 3.28. The molecule has 0 spiro atoms. The lowest BCUT2D eigenvalue weighted by Gasteiger charge is -2.28. The van der Waals surface area contributed by atoms with Crippen LogP contribution in [0.2, 0.25) is 0 Å². The van der Waals surface area contributed by atoms with Crippen molar-refractivity contribution in [2.45, 2.75) is 26.8 Å². The quantitative estimate of drug-likeness (QED) is 0.746. The Morgan fingerprint density at radius 3 is 2.87 bits per heavy atom. The molecule has 0 radical (unpaired) electrons. The number of thiophene rings is 1. The summed E-state index contributed by atoms with van der Waals surface area (Å²) in [7, 11) is 0. The molecule has 0 bridgehead atoms. The Balaban J connectivity index is 2.34. The number of hydrogen-bond donors (Lipinski definition) is 0. The molecule has 3 heteroatoms. The van der Waals surface area contributed by atoms with Crippen molar-refractivity contribution < 1.29 is 0 Å². The topological polar surface area (TPSA) is 15.6 Å². The first-order valence-corrected chi connectivity index (χ1v) is 6.12. The summed E-state index contributed by atoms with van der Waals surface area (Å²) in [5.41, 5.74) is 2.81. The molecule has 0 aliphatic carbocycles. The Kier molecular flexibility index (Phi) is 2.91. The van der Waals surface area contributed by atoms with Gasteiger partial charge >= 0.3 is 0 Å². The van der Waals surface area contributed by atoms with Crippen molar-refractivity contribution in [2.24, 2.45) is 4.99 Å². The molecule has 0 saturated heterocycles. The second-order valence-corrected chi connectivity index (χ2v) is 4.70. The van der Waals surface area contributed by atoms with Crippen LogP contribution in [0.1, 0.15) is 29.0 Å². The predicted molar refractivity (Wildman–Crippen MR) is 66.5 cm³/mol. The van der Waals surface area contributed by atoms with Crippen molar-refractivity contribution >= 4 is 17.7 Å². The van der Waals surface area contributed by atoms with E-state index in [0.29, 0.717) is 6.04 Å². The molecule has 0 amide bonds. The van der Waals surface area contributed by atoms with Crippen LogP contribution >= 0.6 is 11.3 Å². The largest absolute Gasteiger partial charge is 0.351 e. The molecule has 0 fully saturated rings. The number of aliphatic imine (C=N–C) groups is 1. The van der Waals surface area contributed by atoms with Gasteiger partial charge in [0.2, 0.25) is 0 Å². The van der Waals surface area contributed by atoms with Crippen LogP contribution < -0.4 is 0 Å². The highest BCUT2D eigenvalue weighted by molar-refractivity contribution is 7.10.